The van der Waals surface area contributed by atoms with Crippen molar-refractivity contribution in [2.75, 3.05) is 7.05 Å². The first kappa shape index (κ1) is 16.4. The van der Waals surface area contributed by atoms with Crippen molar-refractivity contribution >= 4 is 5.91 Å². The summed E-state index contributed by atoms with van der Waals surface area (Å²) in [5, 5.41) is 3.66. The van der Waals surface area contributed by atoms with E-state index in [4.69, 9.17) is 0 Å². The number of para-hydroxylation sites is 1. The molecule has 1 aromatic heterocycles. The predicted octanol–water partition coefficient (Wildman–Crippen LogP) is 3.45. The Morgan fingerprint density at radius 2 is 1.76 bits per heavy atom. The zero-order valence-corrected chi connectivity index (χ0v) is 15.3. The Labute approximate surface area is 149 Å². The Morgan fingerprint density at radius 1 is 1.12 bits per heavy atom. The molecule has 2 aromatic rings. The van der Waals surface area contributed by atoms with E-state index in [0.29, 0.717) is 18.1 Å². The van der Waals surface area contributed by atoms with Gasteiger partial charge < -0.3 is 14.8 Å². The van der Waals surface area contributed by atoms with Crippen LogP contribution in [0.5, 0.6) is 0 Å². The molecule has 2 unspecified atom stereocenters. The van der Waals surface area contributed by atoms with Crippen molar-refractivity contribution in [2.45, 2.75) is 57.7 Å². The standard InChI is InChI=1S/C21H27N3O/c1-14-11-20(15(2)24(14)18-7-5-4-6-8-18)21(25)23(3)19-12-16-9-10-17(13-19)22-16/h4-8,11,16-17,19,22H,9-10,12-13H2,1-3H3. The summed E-state index contributed by atoms with van der Waals surface area (Å²) in [5.41, 5.74) is 4.07. The van der Waals surface area contributed by atoms with Gasteiger partial charge in [0.05, 0.1) is 5.56 Å². The molecule has 25 heavy (non-hydrogen) atoms. The highest BCUT2D eigenvalue weighted by molar-refractivity contribution is 5.96. The molecule has 0 aliphatic carbocycles. The topological polar surface area (TPSA) is 37.3 Å². The van der Waals surface area contributed by atoms with Crippen LogP contribution in [0, 0.1) is 13.8 Å². The number of aryl methyl sites for hydroxylation is 1. The van der Waals surface area contributed by atoms with Gasteiger partial charge in [0.15, 0.2) is 0 Å². The number of carbonyl (C=O) groups excluding carboxylic acids is 1. The largest absolute Gasteiger partial charge is 0.339 e. The van der Waals surface area contributed by atoms with Crippen LogP contribution < -0.4 is 5.32 Å². The van der Waals surface area contributed by atoms with E-state index in [-0.39, 0.29) is 5.91 Å². The summed E-state index contributed by atoms with van der Waals surface area (Å²) in [6.07, 6.45) is 4.67. The lowest BCUT2D eigenvalue weighted by atomic mass is 9.98. The monoisotopic (exact) mass is 337 g/mol. The van der Waals surface area contributed by atoms with Crippen LogP contribution >= 0.6 is 0 Å². The smallest absolute Gasteiger partial charge is 0.255 e. The Hall–Kier alpha value is -2.07. The number of benzene rings is 1. The van der Waals surface area contributed by atoms with Crippen molar-refractivity contribution < 1.29 is 4.79 Å². The molecule has 1 amide bonds. The van der Waals surface area contributed by atoms with E-state index in [1.54, 1.807) is 0 Å². The summed E-state index contributed by atoms with van der Waals surface area (Å²) in [4.78, 5) is 15.2. The molecule has 3 heterocycles. The van der Waals surface area contributed by atoms with Crippen molar-refractivity contribution in [3.8, 4) is 5.69 Å². The molecular weight excluding hydrogens is 310 g/mol. The number of nitrogens with zero attached hydrogens (tertiary/aromatic N) is 2. The van der Waals surface area contributed by atoms with Gasteiger partial charge in [-0.25, -0.2) is 0 Å². The predicted molar refractivity (Wildman–Crippen MR) is 100 cm³/mol. The molecule has 4 nitrogen and oxygen atoms in total. The number of hydrogen-bond acceptors (Lipinski definition) is 2. The lowest BCUT2D eigenvalue weighted by molar-refractivity contribution is 0.0681. The molecule has 4 heteroatoms. The highest BCUT2D eigenvalue weighted by Gasteiger charge is 2.37. The summed E-state index contributed by atoms with van der Waals surface area (Å²) < 4.78 is 2.17. The molecule has 4 rings (SSSR count). The van der Waals surface area contributed by atoms with E-state index in [2.05, 4.69) is 28.9 Å². The molecule has 0 saturated carbocycles. The van der Waals surface area contributed by atoms with Crippen molar-refractivity contribution in [3.63, 3.8) is 0 Å². The van der Waals surface area contributed by atoms with Gasteiger partial charge in [0.2, 0.25) is 0 Å². The molecule has 0 spiro atoms. The molecule has 132 valence electrons. The third kappa shape index (κ3) is 2.89. The molecule has 2 aliphatic heterocycles. The maximum absolute atomic E-state index is 13.2. The number of amides is 1. The van der Waals surface area contributed by atoms with Crippen molar-refractivity contribution in [1.82, 2.24) is 14.8 Å². The number of carbonyl (C=O) groups is 1. The normalized spacial score (nSPS) is 25.2. The molecule has 2 fully saturated rings. The average Bonchev–Trinajstić information content (AvgIpc) is 3.12. The SMILES string of the molecule is Cc1cc(C(=O)N(C)C2CC3CCC(C2)N3)c(C)n1-c1ccccc1. The second kappa shape index (κ2) is 6.34. The Balaban J connectivity index is 1.60. The summed E-state index contributed by atoms with van der Waals surface area (Å²) in [5.74, 6) is 0.154. The van der Waals surface area contributed by atoms with Gasteiger partial charge in [-0.2, -0.15) is 0 Å². The van der Waals surface area contributed by atoms with Crippen LogP contribution in [-0.2, 0) is 0 Å². The first-order valence-corrected chi connectivity index (χ1v) is 9.32. The van der Waals surface area contributed by atoms with Crippen LogP contribution in [0.25, 0.3) is 5.69 Å². The third-order valence-corrected chi connectivity index (χ3v) is 5.99. The van der Waals surface area contributed by atoms with Crippen LogP contribution in [0.1, 0.15) is 47.4 Å². The fourth-order valence-corrected chi connectivity index (χ4v) is 4.65. The number of aromatic nitrogens is 1. The number of fused-ring (bicyclic) bond motifs is 2. The molecule has 0 radical (unpaired) electrons. The highest BCUT2D eigenvalue weighted by Crippen LogP contribution is 2.30. The van der Waals surface area contributed by atoms with Crippen LogP contribution in [0.2, 0.25) is 0 Å². The van der Waals surface area contributed by atoms with Crippen LogP contribution in [0.4, 0.5) is 0 Å². The molecule has 2 aliphatic rings. The molecule has 1 aromatic carbocycles. The van der Waals surface area contributed by atoms with Gasteiger partial charge in [-0.15, -0.1) is 0 Å². The van der Waals surface area contributed by atoms with Gasteiger partial charge in [0.25, 0.3) is 5.91 Å². The number of rotatable bonds is 3. The van der Waals surface area contributed by atoms with Gasteiger partial charge in [0, 0.05) is 42.2 Å². The summed E-state index contributed by atoms with van der Waals surface area (Å²) in [6.45, 7) is 4.12. The maximum Gasteiger partial charge on any atom is 0.255 e. The van der Waals surface area contributed by atoms with E-state index in [1.165, 1.54) is 12.8 Å². The van der Waals surface area contributed by atoms with E-state index >= 15 is 0 Å². The minimum Gasteiger partial charge on any atom is -0.339 e. The lowest BCUT2D eigenvalue weighted by Crippen LogP contribution is -2.48. The van der Waals surface area contributed by atoms with E-state index in [9.17, 15) is 4.79 Å². The fourth-order valence-electron chi connectivity index (χ4n) is 4.65. The second-order valence-electron chi connectivity index (χ2n) is 7.63. The molecule has 1 N–H and O–H groups in total. The number of nitrogens with one attached hydrogen (secondary N) is 1. The van der Waals surface area contributed by atoms with E-state index in [1.807, 2.05) is 43.1 Å². The first-order chi connectivity index (χ1) is 12.0. The molecule has 2 saturated heterocycles. The third-order valence-electron chi connectivity index (χ3n) is 5.99. The van der Waals surface area contributed by atoms with Gasteiger partial charge in [0.1, 0.15) is 0 Å². The van der Waals surface area contributed by atoms with E-state index in [0.717, 1.165) is 35.5 Å². The van der Waals surface area contributed by atoms with Crippen molar-refractivity contribution in [2.24, 2.45) is 0 Å². The maximum atomic E-state index is 13.2. The Bertz CT molecular complexity index is 768. The highest BCUT2D eigenvalue weighted by atomic mass is 16.2. The van der Waals surface area contributed by atoms with Crippen LogP contribution in [0.15, 0.2) is 36.4 Å². The zero-order chi connectivity index (χ0) is 17.6. The molecular formula is C21H27N3O. The van der Waals surface area contributed by atoms with Crippen LogP contribution in [0.3, 0.4) is 0 Å². The quantitative estimate of drug-likeness (QED) is 0.931. The summed E-state index contributed by atoms with van der Waals surface area (Å²) >= 11 is 0. The Morgan fingerprint density at radius 3 is 2.40 bits per heavy atom. The average molecular weight is 337 g/mol. The summed E-state index contributed by atoms with van der Waals surface area (Å²) in [6, 6.07) is 13.8. The fraction of sp³-hybridized carbons (Fsp3) is 0.476. The van der Waals surface area contributed by atoms with E-state index < -0.39 is 0 Å². The van der Waals surface area contributed by atoms with Gasteiger partial charge >= 0.3 is 0 Å². The van der Waals surface area contributed by atoms with Crippen molar-refractivity contribution in [3.05, 3.63) is 53.3 Å². The minimum atomic E-state index is 0.154. The summed E-state index contributed by atoms with van der Waals surface area (Å²) in [7, 11) is 1.98. The zero-order valence-electron chi connectivity index (χ0n) is 15.3. The van der Waals surface area contributed by atoms with Gasteiger partial charge in [-0.1, -0.05) is 18.2 Å². The van der Waals surface area contributed by atoms with Crippen LogP contribution in [-0.4, -0.2) is 40.5 Å². The van der Waals surface area contributed by atoms with Crippen molar-refractivity contribution in [1.29, 1.82) is 0 Å². The first-order valence-electron chi connectivity index (χ1n) is 9.32. The van der Waals surface area contributed by atoms with Gasteiger partial charge in [-0.05, 0) is 57.7 Å². The van der Waals surface area contributed by atoms with Gasteiger partial charge in [-0.3, -0.25) is 4.79 Å². The number of hydrogen-bond donors (Lipinski definition) is 1. The Kier molecular flexibility index (Phi) is 4.16. The minimum absolute atomic E-state index is 0.154. The molecule has 2 atom stereocenters. The second-order valence-corrected chi connectivity index (χ2v) is 7.63. The molecule has 2 bridgehead atoms. The number of piperidine rings is 1. The lowest BCUT2D eigenvalue weighted by Gasteiger charge is -2.35.